The number of carbonyl (C=O) groups excluding carboxylic acids is 2. The zero-order chi connectivity index (χ0) is 27.7. The molecule has 0 saturated carbocycles. The number of hydrogen-bond acceptors (Lipinski definition) is 3. The molecule has 1 fully saturated rings. The molecular weight excluding hydrogens is 504 g/mol. The number of nitrogens with zero attached hydrogens (tertiary/aromatic N) is 2. The van der Waals surface area contributed by atoms with Crippen molar-refractivity contribution >= 4 is 40.2 Å². The molecule has 41 heavy (non-hydrogen) atoms. The molecule has 2 atom stereocenters. The van der Waals surface area contributed by atoms with Crippen molar-refractivity contribution < 1.29 is 9.59 Å². The molecule has 1 heterocycles. The first-order chi connectivity index (χ1) is 20.1. The zero-order valence-electron chi connectivity index (χ0n) is 22.7. The van der Waals surface area contributed by atoms with E-state index in [0.29, 0.717) is 5.69 Å². The number of hydrogen-bond donors (Lipinski definition) is 0. The minimum Gasteiger partial charge on any atom is -0.274 e. The van der Waals surface area contributed by atoms with Gasteiger partial charge in [0, 0.05) is 17.5 Å². The molecule has 0 radical (unpaired) electrons. The van der Waals surface area contributed by atoms with E-state index in [-0.39, 0.29) is 17.7 Å². The Morgan fingerprint density at radius 3 is 2.12 bits per heavy atom. The maximum atomic E-state index is 14.8. The van der Waals surface area contributed by atoms with Crippen molar-refractivity contribution in [3.8, 4) is 0 Å². The summed E-state index contributed by atoms with van der Waals surface area (Å²) in [6.07, 6.45) is 2.85. The van der Waals surface area contributed by atoms with Crippen molar-refractivity contribution in [2.75, 3.05) is 4.90 Å². The van der Waals surface area contributed by atoms with E-state index < -0.39 is 17.3 Å². The summed E-state index contributed by atoms with van der Waals surface area (Å²) in [5, 5.41) is 1.90. The van der Waals surface area contributed by atoms with E-state index >= 15 is 0 Å². The number of para-hydroxylation sites is 1. The van der Waals surface area contributed by atoms with Crippen molar-refractivity contribution in [1.82, 2.24) is 0 Å². The van der Waals surface area contributed by atoms with Gasteiger partial charge in [-0.1, -0.05) is 110 Å². The fourth-order valence-corrected chi connectivity index (χ4v) is 7.80. The highest BCUT2D eigenvalue weighted by Crippen LogP contribution is 2.64. The van der Waals surface area contributed by atoms with Crippen molar-refractivity contribution in [2.24, 2.45) is 16.8 Å². The Kier molecular flexibility index (Phi) is 5.17. The number of anilines is 1. The van der Waals surface area contributed by atoms with Crippen LogP contribution in [-0.4, -0.2) is 18.0 Å². The second kappa shape index (κ2) is 8.84. The second-order valence-electron chi connectivity index (χ2n) is 11.3. The molecule has 4 aliphatic rings. The van der Waals surface area contributed by atoms with E-state index in [9.17, 15) is 9.59 Å². The molecule has 5 aromatic carbocycles. The molecule has 1 aliphatic heterocycles. The van der Waals surface area contributed by atoms with E-state index in [1.165, 1.54) is 4.90 Å². The summed E-state index contributed by atoms with van der Waals surface area (Å²) < 4.78 is 0. The molecule has 4 nitrogen and oxygen atoms in total. The standard InChI is InChI=1S/C37H28N2O2/c1-2-23-12-4-10-20-30(23)38-22-37-28-18-8-6-16-26(28)32(27-17-7-9-19-29(27)37)33-34(37)36(41)39(35(33)40)31-21-11-14-24-13-3-5-15-25(24)31/h3-22,32-34H,2H2,1H3/t32?,33-,34-,37?/m1/s1. The molecule has 1 saturated heterocycles. The number of carbonyl (C=O) groups is 2. The highest BCUT2D eigenvalue weighted by atomic mass is 16.2. The van der Waals surface area contributed by atoms with Gasteiger partial charge in [-0.15, -0.1) is 0 Å². The predicted molar refractivity (Wildman–Crippen MR) is 163 cm³/mol. The maximum absolute atomic E-state index is 14.8. The Balaban J connectivity index is 1.40. The van der Waals surface area contributed by atoms with Gasteiger partial charge in [0.1, 0.15) is 0 Å². The fourth-order valence-electron chi connectivity index (χ4n) is 7.80. The molecule has 3 aliphatic carbocycles. The molecule has 0 N–H and O–H groups in total. The van der Waals surface area contributed by atoms with Crippen molar-refractivity contribution in [1.29, 1.82) is 0 Å². The van der Waals surface area contributed by atoms with Crippen LogP contribution in [-0.2, 0) is 21.4 Å². The number of amides is 2. The van der Waals surface area contributed by atoms with Gasteiger partial charge in [0.15, 0.2) is 0 Å². The molecule has 198 valence electrons. The summed E-state index contributed by atoms with van der Waals surface area (Å²) >= 11 is 0. The average Bonchev–Trinajstić information content (AvgIpc) is 3.30. The molecule has 4 heteroatoms. The first-order valence-corrected chi connectivity index (χ1v) is 14.3. The molecular formula is C37H28N2O2. The molecule has 0 aromatic heterocycles. The summed E-state index contributed by atoms with van der Waals surface area (Å²) in [5.41, 5.74) is 6.20. The Morgan fingerprint density at radius 1 is 0.732 bits per heavy atom. The van der Waals surface area contributed by atoms with Crippen molar-refractivity contribution in [3.05, 3.63) is 143 Å². The first-order valence-electron chi connectivity index (χ1n) is 14.3. The van der Waals surface area contributed by atoms with Crippen LogP contribution in [0.4, 0.5) is 11.4 Å². The Bertz CT molecular complexity index is 1870. The molecule has 0 spiro atoms. The van der Waals surface area contributed by atoms with Crippen LogP contribution in [0.25, 0.3) is 10.8 Å². The summed E-state index contributed by atoms with van der Waals surface area (Å²) in [4.78, 5) is 36.0. The lowest BCUT2D eigenvalue weighted by molar-refractivity contribution is -0.122. The predicted octanol–water partition coefficient (Wildman–Crippen LogP) is 7.36. The number of aryl methyl sites for hydroxylation is 1. The Hall–Kier alpha value is -4.83. The van der Waals surface area contributed by atoms with Crippen LogP contribution in [0.5, 0.6) is 0 Å². The van der Waals surface area contributed by atoms with Gasteiger partial charge < -0.3 is 0 Å². The van der Waals surface area contributed by atoms with Gasteiger partial charge in [-0.3, -0.25) is 14.6 Å². The van der Waals surface area contributed by atoms with Gasteiger partial charge in [0.05, 0.1) is 28.6 Å². The van der Waals surface area contributed by atoms with Crippen molar-refractivity contribution in [2.45, 2.75) is 24.7 Å². The number of imide groups is 1. The normalized spacial score (nSPS) is 24.1. The Morgan fingerprint density at radius 2 is 1.37 bits per heavy atom. The van der Waals surface area contributed by atoms with E-state index in [2.05, 4.69) is 37.3 Å². The van der Waals surface area contributed by atoms with Gasteiger partial charge in [-0.2, -0.15) is 0 Å². The van der Waals surface area contributed by atoms with Crippen LogP contribution in [0.3, 0.4) is 0 Å². The zero-order valence-corrected chi connectivity index (χ0v) is 22.7. The minimum absolute atomic E-state index is 0.128. The molecule has 2 bridgehead atoms. The van der Waals surface area contributed by atoms with Crippen LogP contribution in [0.1, 0.15) is 40.7 Å². The van der Waals surface area contributed by atoms with Crippen LogP contribution in [0.15, 0.2) is 120 Å². The lowest BCUT2D eigenvalue weighted by atomic mass is 9.47. The number of fused-ring (bicyclic) bond motifs is 1. The summed E-state index contributed by atoms with van der Waals surface area (Å²) in [6, 6.07) is 38.6. The minimum atomic E-state index is -0.875. The lowest BCUT2D eigenvalue weighted by Gasteiger charge is -2.52. The van der Waals surface area contributed by atoms with E-state index in [1.807, 2.05) is 91.1 Å². The smallest absolute Gasteiger partial charge is 0.239 e. The molecule has 5 aromatic rings. The van der Waals surface area contributed by atoms with E-state index in [4.69, 9.17) is 4.99 Å². The molecule has 9 rings (SSSR count). The quantitative estimate of drug-likeness (QED) is 0.179. The van der Waals surface area contributed by atoms with Gasteiger partial charge in [0.25, 0.3) is 0 Å². The largest absolute Gasteiger partial charge is 0.274 e. The lowest BCUT2D eigenvalue weighted by Crippen LogP contribution is -2.54. The third-order valence-corrected chi connectivity index (χ3v) is 9.47. The number of aliphatic imine (C=N–C) groups is 1. The average molecular weight is 533 g/mol. The molecule has 2 amide bonds. The first kappa shape index (κ1) is 24.0. The fraction of sp³-hybridized carbons (Fsp3) is 0.162. The number of rotatable bonds is 4. The van der Waals surface area contributed by atoms with E-state index in [1.54, 1.807) is 0 Å². The van der Waals surface area contributed by atoms with Crippen molar-refractivity contribution in [3.63, 3.8) is 0 Å². The van der Waals surface area contributed by atoms with Crippen LogP contribution in [0.2, 0.25) is 0 Å². The summed E-state index contributed by atoms with van der Waals surface area (Å²) in [7, 11) is 0. The second-order valence-corrected chi connectivity index (χ2v) is 11.3. The molecule has 0 unspecified atom stereocenters. The van der Waals surface area contributed by atoms with Crippen LogP contribution >= 0.6 is 0 Å². The van der Waals surface area contributed by atoms with E-state index in [0.717, 1.165) is 50.7 Å². The summed E-state index contributed by atoms with van der Waals surface area (Å²) in [6.45, 7) is 2.13. The topological polar surface area (TPSA) is 49.7 Å². The third-order valence-electron chi connectivity index (χ3n) is 9.47. The maximum Gasteiger partial charge on any atom is 0.239 e. The van der Waals surface area contributed by atoms with Gasteiger partial charge >= 0.3 is 0 Å². The monoisotopic (exact) mass is 532 g/mol. The number of benzene rings is 5. The summed E-state index contributed by atoms with van der Waals surface area (Å²) in [5.74, 6) is -1.58. The highest BCUT2D eigenvalue weighted by molar-refractivity contribution is 6.27. The third kappa shape index (κ3) is 3.13. The Labute approximate surface area is 239 Å². The van der Waals surface area contributed by atoms with Gasteiger partial charge in [0.2, 0.25) is 11.8 Å². The van der Waals surface area contributed by atoms with Crippen LogP contribution < -0.4 is 4.90 Å². The van der Waals surface area contributed by atoms with Gasteiger partial charge in [-0.25, -0.2) is 4.90 Å². The highest BCUT2D eigenvalue weighted by Gasteiger charge is 2.68. The SMILES string of the molecule is CCc1ccccc1N=CC12c3ccccc3C(c3ccccc31)[C@H]1C(=O)N(c3cccc4ccccc34)C(=O)[C@@H]12. The van der Waals surface area contributed by atoms with Gasteiger partial charge in [-0.05, 0) is 51.8 Å². The van der Waals surface area contributed by atoms with Crippen LogP contribution in [0, 0.1) is 11.8 Å².